The van der Waals surface area contributed by atoms with E-state index in [9.17, 15) is 0 Å². The van der Waals surface area contributed by atoms with E-state index in [4.69, 9.17) is 4.52 Å². The Morgan fingerprint density at radius 1 is 0.958 bits per heavy atom. The first-order valence-corrected chi connectivity index (χ1v) is 8.78. The summed E-state index contributed by atoms with van der Waals surface area (Å²) in [6, 6.07) is 17.0. The summed E-state index contributed by atoms with van der Waals surface area (Å²) in [5.41, 5.74) is 3.97. The molecule has 0 saturated carbocycles. The Bertz CT molecular complexity index is 864. The van der Waals surface area contributed by atoms with E-state index in [1.165, 1.54) is 18.5 Å². The number of rotatable bonds is 3. The maximum Gasteiger partial charge on any atom is 0.180 e. The van der Waals surface area contributed by atoms with Crippen molar-refractivity contribution in [3.8, 4) is 0 Å². The average molecular weight is 319 g/mol. The van der Waals surface area contributed by atoms with Gasteiger partial charge in [0.25, 0.3) is 0 Å². The smallest absolute Gasteiger partial charge is 0.180 e. The molecule has 1 aliphatic carbocycles. The Kier molecular flexibility index (Phi) is 3.30. The van der Waals surface area contributed by atoms with Gasteiger partial charge >= 0.3 is 0 Å². The fraction of sp³-hybridized carbons (Fsp3) is 0.350. The van der Waals surface area contributed by atoms with Crippen LogP contribution < -0.4 is 4.90 Å². The highest BCUT2D eigenvalue weighted by molar-refractivity contribution is 5.88. The summed E-state index contributed by atoms with van der Waals surface area (Å²) < 4.78 is 5.45. The minimum atomic E-state index is 0.723. The van der Waals surface area contributed by atoms with Crippen molar-refractivity contribution in [2.45, 2.75) is 12.3 Å². The zero-order valence-corrected chi connectivity index (χ0v) is 13.7. The van der Waals surface area contributed by atoms with E-state index >= 15 is 0 Å². The fourth-order valence-electron chi connectivity index (χ4n) is 4.08. The van der Waals surface area contributed by atoms with Crippen LogP contribution in [0.1, 0.15) is 17.0 Å². The van der Waals surface area contributed by atoms with Crippen molar-refractivity contribution in [1.29, 1.82) is 0 Å². The van der Waals surface area contributed by atoms with E-state index in [-0.39, 0.29) is 0 Å². The SMILES string of the molecule is c1ccc2c(c1)C[C@H]2CN1CCN(c2noc3ccccc23)CC1. The summed E-state index contributed by atoms with van der Waals surface area (Å²) in [4.78, 5) is 4.95. The second-order valence-electron chi connectivity index (χ2n) is 6.89. The number of nitrogens with zero attached hydrogens (tertiary/aromatic N) is 3. The van der Waals surface area contributed by atoms with Crippen LogP contribution in [0, 0.1) is 0 Å². The summed E-state index contributed by atoms with van der Waals surface area (Å²) >= 11 is 0. The number of hydrogen-bond donors (Lipinski definition) is 0. The van der Waals surface area contributed by atoms with Crippen LogP contribution in [0.25, 0.3) is 11.0 Å². The lowest BCUT2D eigenvalue weighted by atomic mass is 9.77. The second-order valence-corrected chi connectivity index (χ2v) is 6.89. The van der Waals surface area contributed by atoms with Crippen LogP contribution in [-0.2, 0) is 6.42 Å². The summed E-state index contributed by atoms with van der Waals surface area (Å²) in [5.74, 6) is 1.72. The fourth-order valence-corrected chi connectivity index (χ4v) is 4.08. The predicted molar refractivity (Wildman–Crippen MR) is 95.5 cm³/mol. The molecular weight excluding hydrogens is 298 g/mol. The molecule has 122 valence electrons. The Morgan fingerprint density at radius 2 is 1.75 bits per heavy atom. The van der Waals surface area contributed by atoms with Gasteiger partial charge in [-0.1, -0.05) is 41.6 Å². The van der Waals surface area contributed by atoms with Crippen molar-refractivity contribution in [3.63, 3.8) is 0 Å². The molecule has 4 nitrogen and oxygen atoms in total. The van der Waals surface area contributed by atoms with Gasteiger partial charge in [-0.05, 0) is 29.7 Å². The molecule has 2 aromatic carbocycles. The lowest BCUT2D eigenvalue weighted by Crippen LogP contribution is -2.48. The van der Waals surface area contributed by atoms with Crippen LogP contribution in [0.3, 0.4) is 0 Å². The quantitative estimate of drug-likeness (QED) is 0.741. The van der Waals surface area contributed by atoms with Crippen molar-refractivity contribution < 1.29 is 4.52 Å². The van der Waals surface area contributed by atoms with Crippen LogP contribution >= 0.6 is 0 Å². The first-order chi connectivity index (χ1) is 11.9. The molecule has 0 spiro atoms. The van der Waals surface area contributed by atoms with Crippen molar-refractivity contribution in [3.05, 3.63) is 59.7 Å². The third kappa shape index (κ3) is 2.29. The topological polar surface area (TPSA) is 32.5 Å². The van der Waals surface area contributed by atoms with Crippen LogP contribution in [0.15, 0.2) is 53.1 Å². The molecule has 1 atom stereocenters. The van der Waals surface area contributed by atoms with Crippen LogP contribution in [0.5, 0.6) is 0 Å². The first kappa shape index (κ1) is 14.1. The zero-order chi connectivity index (χ0) is 15.9. The predicted octanol–water partition coefficient (Wildman–Crippen LogP) is 3.29. The average Bonchev–Trinajstić information content (AvgIpc) is 3.04. The number of piperazine rings is 1. The van der Waals surface area contributed by atoms with Crippen LogP contribution in [0.2, 0.25) is 0 Å². The lowest BCUT2D eigenvalue weighted by Gasteiger charge is -2.39. The van der Waals surface area contributed by atoms with E-state index < -0.39 is 0 Å². The number of aromatic nitrogens is 1. The third-order valence-corrected chi connectivity index (χ3v) is 5.47. The largest absolute Gasteiger partial charge is 0.354 e. The van der Waals surface area contributed by atoms with Gasteiger partial charge in [0.1, 0.15) is 0 Å². The molecule has 2 heterocycles. The Balaban J connectivity index is 1.24. The third-order valence-electron chi connectivity index (χ3n) is 5.47. The van der Waals surface area contributed by atoms with E-state index in [1.807, 2.05) is 18.2 Å². The Labute approximate surface area is 141 Å². The molecule has 0 amide bonds. The van der Waals surface area contributed by atoms with Gasteiger partial charge in [-0.2, -0.15) is 0 Å². The molecule has 24 heavy (non-hydrogen) atoms. The highest BCUT2D eigenvalue weighted by atomic mass is 16.5. The summed E-state index contributed by atoms with van der Waals surface area (Å²) in [5, 5.41) is 5.42. The number of fused-ring (bicyclic) bond motifs is 2. The first-order valence-electron chi connectivity index (χ1n) is 8.78. The number of para-hydroxylation sites is 1. The van der Waals surface area contributed by atoms with Crippen LogP contribution in [0.4, 0.5) is 5.82 Å². The summed E-state index contributed by atoms with van der Waals surface area (Å²) in [6.07, 6.45) is 1.24. The van der Waals surface area contributed by atoms with E-state index in [2.05, 4.69) is 45.3 Å². The maximum atomic E-state index is 5.45. The molecule has 1 fully saturated rings. The van der Waals surface area contributed by atoms with Gasteiger partial charge in [0, 0.05) is 38.6 Å². The molecule has 5 rings (SSSR count). The van der Waals surface area contributed by atoms with Gasteiger partial charge in [0.2, 0.25) is 0 Å². The van der Waals surface area contributed by atoms with E-state index in [1.54, 1.807) is 5.56 Å². The van der Waals surface area contributed by atoms with Gasteiger partial charge in [-0.25, -0.2) is 0 Å². The highest BCUT2D eigenvalue weighted by Gasteiger charge is 2.29. The van der Waals surface area contributed by atoms with Crippen LogP contribution in [-0.4, -0.2) is 42.8 Å². The zero-order valence-electron chi connectivity index (χ0n) is 13.7. The van der Waals surface area contributed by atoms with E-state index in [0.717, 1.165) is 48.9 Å². The molecule has 1 aromatic heterocycles. The molecular formula is C20H21N3O. The van der Waals surface area contributed by atoms with Gasteiger partial charge in [-0.3, -0.25) is 4.90 Å². The normalized spacial score (nSPS) is 20.8. The number of hydrogen-bond acceptors (Lipinski definition) is 4. The molecule has 0 unspecified atom stereocenters. The Hall–Kier alpha value is -2.33. The summed E-state index contributed by atoms with van der Waals surface area (Å²) in [7, 11) is 0. The maximum absolute atomic E-state index is 5.45. The molecule has 0 bridgehead atoms. The van der Waals surface area contributed by atoms with Crippen molar-refractivity contribution in [1.82, 2.24) is 10.1 Å². The summed E-state index contributed by atoms with van der Waals surface area (Å²) in [6.45, 7) is 5.42. The van der Waals surface area contributed by atoms with Crippen molar-refractivity contribution in [2.24, 2.45) is 0 Å². The molecule has 1 aliphatic heterocycles. The molecule has 0 N–H and O–H groups in total. The van der Waals surface area contributed by atoms with Crippen molar-refractivity contribution >= 4 is 16.8 Å². The number of anilines is 1. The van der Waals surface area contributed by atoms with Crippen molar-refractivity contribution in [2.75, 3.05) is 37.6 Å². The molecule has 0 radical (unpaired) electrons. The monoisotopic (exact) mass is 319 g/mol. The number of benzene rings is 2. The van der Waals surface area contributed by atoms with Gasteiger partial charge < -0.3 is 9.42 Å². The standard InChI is InChI=1S/C20H21N3O/c1-2-6-17-15(5-1)13-16(17)14-22-9-11-23(12-10-22)20-18-7-3-4-8-19(18)24-21-20/h1-8,16H,9-14H2/t16-/m0/s1. The highest BCUT2D eigenvalue weighted by Crippen LogP contribution is 2.35. The van der Waals surface area contributed by atoms with E-state index in [0.29, 0.717) is 0 Å². The molecule has 2 aliphatic rings. The minimum Gasteiger partial charge on any atom is -0.354 e. The van der Waals surface area contributed by atoms with Gasteiger partial charge in [-0.15, -0.1) is 0 Å². The lowest BCUT2D eigenvalue weighted by molar-refractivity contribution is 0.233. The molecule has 3 aromatic rings. The molecule has 4 heteroatoms. The molecule has 1 saturated heterocycles. The minimum absolute atomic E-state index is 0.723. The Morgan fingerprint density at radius 3 is 2.62 bits per heavy atom. The van der Waals surface area contributed by atoms with Gasteiger partial charge in [0.15, 0.2) is 11.4 Å². The second kappa shape index (κ2) is 5.64. The van der Waals surface area contributed by atoms with Gasteiger partial charge in [0.05, 0.1) is 5.39 Å².